The van der Waals surface area contributed by atoms with Crippen molar-refractivity contribution >= 4 is 5.97 Å². The molecule has 1 aliphatic rings. The summed E-state index contributed by atoms with van der Waals surface area (Å²) in [6.07, 6.45) is 0.786. The van der Waals surface area contributed by atoms with E-state index in [4.69, 9.17) is 10.1 Å². The lowest BCUT2D eigenvalue weighted by Gasteiger charge is -2.21. The smallest absolute Gasteiger partial charge is 0.330 e. The number of nitriles is 1. The van der Waals surface area contributed by atoms with Gasteiger partial charge in [-0.15, -0.1) is 5.06 Å². The third-order valence-corrected chi connectivity index (χ3v) is 2.16. The number of hydrogen-bond acceptors (Lipinski definition) is 4. The first-order chi connectivity index (χ1) is 6.43. The maximum Gasteiger partial charge on any atom is 0.330 e. The van der Waals surface area contributed by atoms with Gasteiger partial charge >= 0.3 is 5.97 Å². The molecule has 1 atom stereocenters. The Bertz CT molecular complexity index is 262. The van der Waals surface area contributed by atoms with E-state index >= 15 is 0 Å². The van der Waals surface area contributed by atoms with Gasteiger partial charge in [0.1, 0.15) is 0 Å². The number of carbonyl (C=O) groups excluding carboxylic acids is 1. The van der Waals surface area contributed by atoms with E-state index in [1.807, 2.05) is 20.8 Å². The second-order valence-electron chi connectivity index (χ2n) is 4.63. The molecule has 0 aromatic heterocycles. The quantitative estimate of drug-likeness (QED) is 0.635. The Morgan fingerprint density at radius 1 is 1.57 bits per heavy atom. The van der Waals surface area contributed by atoms with Crippen molar-refractivity contribution < 1.29 is 9.63 Å². The van der Waals surface area contributed by atoms with Crippen LogP contribution in [0, 0.1) is 22.7 Å². The standard InChI is InChI=1S/C10H16N2O2/c1-10(2,3)9(13)14-12-5-4-8(6-11)7-12/h8H,4-5,7H2,1-3H3/t8-/m0/s1. The lowest BCUT2D eigenvalue weighted by atomic mass is 9.98. The van der Waals surface area contributed by atoms with Gasteiger partial charge in [-0.05, 0) is 27.2 Å². The molecule has 4 nitrogen and oxygen atoms in total. The number of hydrogen-bond donors (Lipinski definition) is 0. The molecule has 78 valence electrons. The van der Waals surface area contributed by atoms with Crippen molar-refractivity contribution in [2.45, 2.75) is 27.2 Å². The number of nitrogens with zero attached hydrogens (tertiary/aromatic N) is 2. The molecule has 0 N–H and O–H groups in total. The molecular formula is C10H16N2O2. The summed E-state index contributed by atoms with van der Waals surface area (Å²) in [6, 6.07) is 2.17. The van der Waals surface area contributed by atoms with Crippen LogP contribution in [0.2, 0.25) is 0 Å². The van der Waals surface area contributed by atoms with Crippen LogP contribution < -0.4 is 0 Å². The molecule has 0 unspecified atom stereocenters. The molecule has 4 heteroatoms. The molecule has 0 aromatic carbocycles. The minimum Gasteiger partial charge on any atom is -0.367 e. The second kappa shape index (κ2) is 3.97. The van der Waals surface area contributed by atoms with E-state index in [1.54, 1.807) is 5.06 Å². The second-order valence-corrected chi connectivity index (χ2v) is 4.63. The normalized spacial score (nSPS) is 23.1. The molecule has 1 saturated heterocycles. The van der Waals surface area contributed by atoms with E-state index in [1.165, 1.54) is 0 Å². The van der Waals surface area contributed by atoms with Gasteiger partial charge in [0.2, 0.25) is 0 Å². The van der Waals surface area contributed by atoms with Gasteiger partial charge in [0.05, 0.1) is 23.9 Å². The zero-order chi connectivity index (χ0) is 10.8. The highest BCUT2D eigenvalue weighted by molar-refractivity contribution is 5.75. The lowest BCUT2D eigenvalue weighted by Crippen LogP contribution is -2.32. The SMILES string of the molecule is CC(C)(C)C(=O)ON1CC[C@@H](C#N)C1. The van der Waals surface area contributed by atoms with Gasteiger partial charge in [0, 0.05) is 6.54 Å². The Labute approximate surface area is 84.4 Å². The zero-order valence-corrected chi connectivity index (χ0v) is 8.91. The van der Waals surface area contributed by atoms with Crippen LogP contribution in [0.25, 0.3) is 0 Å². The molecule has 0 bridgehead atoms. The Morgan fingerprint density at radius 3 is 2.64 bits per heavy atom. The van der Waals surface area contributed by atoms with Crippen LogP contribution in [-0.4, -0.2) is 24.1 Å². The summed E-state index contributed by atoms with van der Waals surface area (Å²) in [5, 5.41) is 10.2. The van der Waals surface area contributed by atoms with E-state index in [-0.39, 0.29) is 11.9 Å². The predicted molar refractivity (Wildman–Crippen MR) is 50.8 cm³/mol. The first-order valence-electron chi connectivity index (χ1n) is 4.80. The van der Waals surface area contributed by atoms with E-state index in [0.717, 1.165) is 6.42 Å². The Morgan fingerprint density at radius 2 is 2.21 bits per heavy atom. The van der Waals surface area contributed by atoms with Gasteiger partial charge < -0.3 is 4.84 Å². The third-order valence-electron chi connectivity index (χ3n) is 2.16. The van der Waals surface area contributed by atoms with Crippen LogP contribution in [0.5, 0.6) is 0 Å². The molecule has 1 heterocycles. The summed E-state index contributed by atoms with van der Waals surface area (Å²) in [6.45, 7) is 6.64. The largest absolute Gasteiger partial charge is 0.367 e. The first-order valence-corrected chi connectivity index (χ1v) is 4.80. The molecule has 0 saturated carbocycles. The van der Waals surface area contributed by atoms with Crippen LogP contribution in [0.1, 0.15) is 27.2 Å². The fourth-order valence-electron chi connectivity index (χ4n) is 1.17. The van der Waals surface area contributed by atoms with Crippen molar-refractivity contribution in [2.24, 2.45) is 11.3 Å². The van der Waals surface area contributed by atoms with E-state index in [0.29, 0.717) is 13.1 Å². The zero-order valence-electron chi connectivity index (χ0n) is 8.91. The van der Waals surface area contributed by atoms with Crippen LogP contribution in [0.4, 0.5) is 0 Å². The van der Waals surface area contributed by atoms with Crippen molar-refractivity contribution in [3.05, 3.63) is 0 Å². The highest BCUT2D eigenvalue weighted by Crippen LogP contribution is 2.20. The van der Waals surface area contributed by atoms with Gasteiger partial charge in [-0.3, -0.25) is 0 Å². The van der Waals surface area contributed by atoms with Crippen LogP contribution in [-0.2, 0) is 9.63 Å². The average molecular weight is 196 g/mol. The fourth-order valence-corrected chi connectivity index (χ4v) is 1.17. The van der Waals surface area contributed by atoms with E-state index < -0.39 is 5.41 Å². The van der Waals surface area contributed by atoms with Crippen molar-refractivity contribution in [2.75, 3.05) is 13.1 Å². The van der Waals surface area contributed by atoms with Gasteiger partial charge in [0.15, 0.2) is 0 Å². The molecule has 14 heavy (non-hydrogen) atoms. The van der Waals surface area contributed by atoms with Crippen LogP contribution >= 0.6 is 0 Å². The van der Waals surface area contributed by atoms with Crippen LogP contribution in [0.3, 0.4) is 0 Å². The van der Waals surface area contributed by atoms with Gasteiger partial charge in [0.25, 0.3) is 0 Å². The summed E-state index contributed by atoms with van der Waals surface area (Å²) >= 11 is 0. The molecule has 0 aromatic rings. The number of rotatable bonds is 1. The molecule has 1 aliphatic heterocycles. The molecule has 1 rings (SSSR count). The maximum absolute atomic E-state index is 11.5. The summed E-state index contributed by atoms with van der Waals surface area (Å²) in [5.74, 6) is -0.237. The Balaban J connectivity index is 2.41. The first kappa shape index (κ1) is 11.0. The summed E-state index contributed by atoms with van der Waals surface area (Å²) < 4.78 is 0. The monoisotopic (exact) mass is 196 g/mol. The van der Waals surface area contributed by atoms with Crippen molar-refractivity contribution in [3.8, 4) is 6.07 Å². The molecule has 0 radical (unpaired) electrons. The third kappa shape index (κ3) is 2.71. The van der Waals surface area contributed by atoms with E-state index in [2.05, 4.69) is 6.07 Å². The topological polar surface area (TPSA) is 53.3 Å². The molecule has 0 spiro atoms. The fraction of sp³-hybridized carbons (Fsp3) is 0.800. The average Bonchev–Trinajstić information content (AvgIpc) is 2.50. The highest BCUT2D eigenvalue weighted by atomic mass is 16.7. The minimum atomic E-state index is -0.481. The summed E-state index contributed by atoms with van der Waals surface area (Å²) in [5.41, 5.74) is -0.481. The van der Waals surface area contributed by atoms with Crippen LogP contribution in [0.15, 0.2) is 0 Å². The molecule has 0 amide bonds. The minimum absolute atomic E-state index is 0.00256. The molecule has 1 fully saturated rings. The molecule has 0 aliphatic carbocycles. The van der Waals surface area contributed by atoms with E-state index in [9.17, 15) is 4.79 Å². The maximum atomic E-state index is 11.5. The molecular weight excluding hydrogens is 180 g/mol. The highest BCUT2D eigenvalue weighted by Gasteiger charge is 2.30. The summed E-state index contributed by atoms with van der Waals surface area (Å²) in [7, 11) is 0. The predicted octanol–water partition coefficient (Wildman–Crippen LogP) is 1.34. The van der Waals surface area contributed by atoms with Gasteiger partial charge in [-0.2, -0.15) is 5.26 Å². The number of carbonyl (C=O) groups is 1. The Hall–Kier alpha value is -1.08. The number of hydroxylamine groups is 2. The summed E-state index contributed by atoms with van der Waals surface area (Å²) in [4.78, 5) is 16.6. The lowest BCUT2D eigenvalue weighted by molar-refractivity contribution is -0.195. The van der Waals surface area contributed by atoms with Gasteiger partial charge in [-0.25, -0.2) is 4.79 Å². The van der Waals surface area contributed by atoms with Crippen molar-refractivity contribution in [3.63, 3.8) is 0 Å². The van der Waals surface area contributed by atoms with Crippen molar-refractivity contribution in [1.82, 2.24) is 5.06 Å². The Kier molecular flexibility index (Phi) is 3.12. The van der Waals surface area contributed by atoms with Gasteiger partial charge in [-0.1, -0.05) is 0 Å². The van der Waals surface area contributed by atoms with Crippen molar-refractivity contribution in [1.29, 1.82) is 5.26 Å².